The Hall–Kier alpha value is -1.81. The number of hydrogen-bond acceptors (Lipinski definition) is 3. The molecule has 1 heterocycles. The first-order valence-electron chi connectivity index (χ1n) is 6.24. The van der Waals surface area contributed by atoms with Gasteiger partial charge >= 0.3 is 0 Å². The zero-order valence-corrected chi connectivity index (χ0v) is 10.8. The number of imidazole rings is 1. The molecule has 1 unspecified atom stereocenters. The van der Waals surface area contributed by atoms with E-state index in [9.17, 15) is 0 Å². The molecule has 1 atom stereocenters. The highest BCUT2D eigenvalue weighted by Crippen LogP contribution is 2.14. The Labute approximate surface area is 108 Å². The molecular weight excluding hydrogens is 226 g/mol. The van der Waals surface area contributed by atoms with Crippen LogP contribution in [0.3, 0.4) is 0 Å². The van der Waals surface area contributed by atoms with Crippen LogP contribution >= 0.6 is 0 Å². The molecular formula is C14H19N3O. The lowest BCUT2D eigenvalue weighted by Gasteiger charge is -2.15. The monoisotopic (exact) mass is 245 g/mol. The molecule has 0 aliphatic heterocycles. The second kappa shape index (κ2) is 6.21. The molecule has 1 N–H and O–H groups in total. The standard InChI is InChI=1S/C14H19N3O/c1-3-18-12(2)11-17-10-9-15-14(17)16-13-7-5-4-6-8-13/h4-10,12H,3,11H2,1-2H3,(H,15,16). The maximum absolute atomic E-state index is 5.54. The van der Waals surface area contributed by atoms with Crippen molar-refractivity contribution in [3.63, 3.8) is 0 Å². The van der Waals surface area contributed by atoms with Gasteiger partial charge in [-0.15, -0.1) is 0 Å². The number of ether oxygens (including phenoxy) is 1. The fourth-order valence-electron chi connectivity index (χ4n) is 1.85. The summed E-state index contributed by atoms with van der Waals surface area (Å²) >= 11 is 0. The fraction of sp³-hybridized carbons (Fsp3) is 0.357. The van der Waals surface area contributed by atoms with Crippen LogP contribution in [-0.4, -0.2) is 22.3 Å². The molecule has 1 aromatic heterocycles. The topological polar surface area (TPSA) is 39.1 Å². The molecule has 1 aromatic carbocycles. The highest BCUT2D eigenvalue weighted by molar-refractivity contribution is 5.52. The van der Waals surface area contributed by atoms with Gasteiger partial charge in [-0.05, 0) is 26.0 Å². The van der Waals surface area contributed by atoms with E-state index in [4.69, 9.17) is 4.74 Å². The van der Waals surface area contributed by atoms with Gasteiger partial charge in [0.05, 0.1) is 12.6 Å². The van der Waals surface area contributed by atoms with Gasteiger partial charge in [0, 0.05) is 24.7 Å². The minimum atomic E-state index is 0.181. The van der Waals surface area contributed by atoms with E-state index in [1.165, 1.54) is 0 Å². The number of anilines is 2. The first kappa shape index (κ1) is 12.6. The maximum atomic E-state index is 5.54. The Bertz CT molecular complexity index is 467. The maximum Gasteiger partial charge on any atom is 0.207 e. The number of para-hydroxylation sites is 1. The van der Waals surface area contributed by atoms with E-state index in [1.807, 2.05) is 43.5 Å². The predicted molar refractivity (Wildman–Crippen MR) is 73.0 cm³/mol. The van der Waals surface area contributed by atoms with Crippen LogP contribution in [-0.2, 0) is 11.3 Å². The second-order valence-corrected chi connectivity index (χ2v) is 4.16. The lowest BCUT2D eigenvalue weighted by atomic mass is 10.3. The highest BCUT2D eigenvalue weighted by atomic mass is 16.5. The van der Waals surface area contributed by atoms with Crippen molar-refractivity contribution < 1.29 is 4.74 Å². The minimum Gasteiger partial charge on any atom is -0.377 e. The Morgan fingerprint density at radius 3 is 2.83 bits per heavy atom. The Balaban J connectivity index is 2.04. The van der Waals surface area contributed by atoms with Gasteiger partial charge in [-0.2, -0.15) is 0 Å². The lowest BCUT2D eigenvalue weighted by Crippen LogP contribution is -2.17. The van der Waals surface area contributed by atoms with Crippen LogP contribution < -0.4 is 5.32 Å². The molecule has 0 saturated carbocycles. The molecule has 0 aliphatic rings. The predicted octanol–water partition coefficient (Wildman–Crippen LogP) is 3.05. The molecule has 4 nitrogen and oxygen atoms in total. The van der Waals surface area contributed by atoms with Crippen LogP contribution in [0.15, 0.2) is 42.7 Å². The van der Waals surface area contributed by atoms with Crippen molar-refractivity contribution in [2.45, 2.75) is 26.5 Å². The van der Waals surface area contributed by atoms with Gasteiger partial charge in [-0.3, -0.25) is 0 Å². The number of nitrogens with zero attached hydrogens (tertiary/aromatic N) is 2. The number of hydrogen-bond donors (Lipinski definition) is 1. The van der Waals surface area contributed by atoms with Crippen molar-refractivity contribution >= 4 is 11.6 Å². The van der Waals surface area contributed by atoms with E-state index in [0.29, 0.717) is 0 Å². The van der Waals surface area contributed by atoms with E-state index in [0.717, 1.165) is 24.8 Å². The molecule has 0 aliphatic carbocycles. The summed E-state index contributed by atoms with van der Waals surface area (Å²) < 4.78 is 7.61. The zero-order valence-electron chi connectivity index (χ0n) is 10.8. The highest BCUT2D eigenvalue weighted by Gasteiger charge is 2.07. The Morgan fingerprint density at radius 1 is 1.33 bits per heavy atom. The molecule has 4 heteroatoms. The van der Waals surface area contributed by atoms with E-state index in [-0.39, 0.29) is 6.10 Å². The quantitative estimate of drug-likeness (QED) is 0.850. The summed E-state index contributed by atoms with van der Waals surface area (Å²) in [6.45, 7) is 5.60. The summed E-state index contributed by atoms with van der Waals surface area (Å²) in [5, 5.41) is 3.30. The summed E-state index contributed by atoms with van der Waals surface area (Å²) in [6.07, 6.45) is 3.94. The first-order chi connectivity index (χ1) is 8.79. The molecule has 0 bridgehead atoms. The van der Waals surface area contributed by atoms with Gasteiger partial charge < -0.3 is 14.6 Å². The molecule has 0 amide bonds. The third kappa shape index (κ3) is 3.34. The van der Waals surface area contributed by atoms with Crippen LogP contribution in [0.5, 0.6) is 0 Å². The summed E-state index contributed by atoms with van der Waals surface area (Å²) in [5.41, 5.74) is 1.04. The van der Waals surface area contributed by atoms with Crippen molar-refractivity contribution in [2.24, 2.45) is 0 Å². The van der Waals surface area contributed by atoms with Crippen LogP contribution in [0.2, 0.25) is 0 Å². The van der Waals surface area contributed by atoms with Crippen LogP contribution in [0.1, 0.15) is 13.8 Å². The number of aromatic nitrogens is 2. The van der Waals surface area contributed by atoms with Crippen molar-refractivity contribution in [3.8, 4) is 0 Å². The largest absolute Gasteiger partial charge is 0.377 e. The molecule has 0 radical (unpaired) electrons. The molecule has 0 fully saturated rings. The first-order valence-corrected chi connectivity index (χ1v) is 6.24. The number of rotatable bonds is 6. The molecule has 18 heavy (non-hydrogen) atoms. The fourth-order valence-corrected chi connectivity index (χ4v) is 1.85. The Morgan fingerprint density at radius 2 is 2.11 bits per heavy atom. The van der Waals surface area contributed by atoms with Gasteiger partial charge in [-0.1, -0.05) is 18.2 Å². The number of nitrogens with one attached hydrogen (secondary N) is 1. The molecule has 0 saturated heterocycles. The summed E-state index contributed by atoms with van der Waals surface area (Å²) in [7, 11) is 0. The van der Waals surface area contributed by atoms with E-state index < -0.39 is 0 Å². The molecule has 96 valence electrons. The molecule has 2 rings (SSSR count). The van der Waals surface area contributed by atoms with E-state index in [1.54, 1.807) is 6.20 Å². The third-order valence-corrected chi connectivity index (χ3v) is 2.65. The Kier molecular flexibility index (Phi) is 4.36. The van der Waals surface area contributed by atoms with Gasteiger partial charge in [0.1, 0.15) is 0 Å². The average Bonchev–Trinajstić information content (AvgIpc) is 2.78. The van der Waals surface area contributed by atoms with Gasteiger partial charge in [0.2, 0.25) is 5.95 Å². The third-order valence-electron chi connectivity index (χ3n) is 2.65. The SMILES string of the molecule is CCOC(C)Cn1ccnc1Nc1ccccc1. The van der Waals surface area contributed by atoms with Crippen molar-refractivity contribution in [3.05, 3.63) is 42.7 Å². The lowest BCUT2D eigenvalue weighted by molar-refractivity contribution is 0.0644. The van der Waals surface area contributed by atoms with Crippen molar-refractivity contribution in [2.75, 3.05) is 11.9 Å². The molecule has 2 aromatic rings. The van der Waals surface area contributed by atoms with Gasteiger partial charge in [-0.25, -0.2) is 4.98 Å². The smallest absolute Gasteiger partial charge is 0.207 e. The van der Waals surface area contributed by atoms with E-state index >= 15 is 0 Å². The van der Waals surface area contributed by atoms with Crippen LogP contribution in [0.4, 0.5) is 11.6 Å². The normalized spacial score (nSPS) is 12.3. The minimum absolute atomic E-state index is 0.181. The van der Waals surface area contributed by atoms with Crippen molar-refractivity contribution in [1.29, 1.82) is 0 Å². The second-order valence-electron chi connectivity index (χ2n) is 4.16. The van der Waals surface area contributed by atoms with E-state index in [2.05, 4.69) is 21.8 Å². The number of benzene rings is 1. The summed E-state index contributed by atoms with van der Waals surface area (Å²) in [5.74, 6) is 0.841. The van der Waals surface area contributed by atoms with Gasteiger partial charge in [0.25, 0.3) is 0 Å². The van der Waals surface area contributed by atoms with Crippen molar-refractivity contribution in [1.82, 2.24) is 9.55 Å². The summed E-state index contributed by atoms with van der Waals surface area (Å²) in [4.78, 5) is 4.32. The molecule has 0 spiro atoms. The summed E-state index contributed by atoms with van der Waals surface area (Å²) in [6, 6.07) is 10.0. The van der Waals surface area contributed by atoms with Crippen LogP contribution in [0, 0.1) is 0 Å². The zero-order chi connectivity index (χ0) is 12.8. The average molecular weight is 245 g/mol. The van der Waals surface area contributed by atoms with Gasteiger partial charge in [0.15, 0.2) is 0 Å². The van der Waals surface area contributed by atoms with Crippen LogP contribution in [0.25, 0.3) is 0 Å².